The van der Waals surface area contributed by atoms with Crippen molar-refractivity contribution in [2.24, 2.45) is 0 Å². The molecule has 0 spiro atoms. The Morgan fingerprint density at radius 1 is 1.14 bits per heavy atom. The number of amides is 1. The molecule has 3 heterocycles. The summed E-state index contributed by atoms with van der Waals surface area (Å²) in [6, 6.07) is 14.1. The van der Waals surface area contributed by atoms with E-state index in [1.165, 1.54) is 12.8 Å². The highest BCUT2D eigenvalue weighted by Gasteiger charge is 2.27. The summed E-state index contributed by atoms with van der Waals surface area (Å²) in [5, 5.41) is 7.74. The topological polar surface area (TPSA) is 63.3 Å². The second-order valence-corrected chi connectivity index (χ2v) is 7.67. The minimum Gasteiger partial charge on any atom is -0.468 e. The number of aryl methyl sites for hydroxylation is 1. The van der Waals surface area contributed by atoms with E-state index in [-0.39, 0.29) is 11.9 Å². The van der Waals surface area contributed by atoms with Crippen LogP contribution in [0.4, 0.5) is 0 Å². The monoisotopic (exact) mass is 392 g/mol. The molecule has 1 atom stereocenters. The molecule has 0 unspecified atom stereocenters. The SMILES string of the molecule is Cc1nn(Cc2ccccc2)c(C)c1C(=O)NC[C@H](c1ccco1)N1CCCC1. The molecule has 2 aromatic heterocycles. The number of carbonyl (C=O) groups is 1. The molecular formula is C23H28N4O2. The van der Waals surface area contributed by atoms with Gasteiger partial charge in [-0.3, -0.25) is 14.4 Å². The molecule has 1 aromatic carbocycles. The number of furan rings is 1. The van der Waals surface area contributed by atoms with Crippen molar-refractivity contribution in [3.8, 4) is 0 Å². The van der Waals surface area contributed by atoms with Crippen molar-refractivity contribution < 1.29 is 9.21 Å². The summed E-state index contributed by atoms with van der Waals surface area (Å²) in [5.74, 6) is 0.829. The first kappa shape index (κ1) is 19.5. The van der Waals surface area contributed by atoms with Crippen molar-refractivity contribution in [2.45, 2.75) is 39.3 Å². The lowest BCUT2D eigenvalue weighted by atomic mass is 10.1. The van der Waals surface area contributed by atoms with Gasteiger partial charge in [-0.25, -0.2) is 0 Å². The van der Waals surface area contributed by atoms with E-state index in [1.54, 1.807) is 6.26 Å². The first-order valence-corrected chi connectivity index (χ1v) is 10.3. The Hall–Kier alpha value is -2.86. The van der Waals surface area contributed by atoms with Gasteiger partial charge in [0.25, 0.3) is 5.91 Å². The van der Waals surface area contributed by atoms with E-state index in [0.29, 0.717) is 18.7 Å². The van der Waals surface area contributed by atoms with E-state index in [4.69, 9.17) is 4.42 Å². The number of aromatic nitrogens is 2. The van der Waals surface area contributed by atoms with Crippen LogP contribution in [0.1, 0.15) is 52.0 Å². The zero-order valence-electron chi connectivity index (χ0n) is 17.1. The van der Waals surface area contributed by atoms with Crippen LogP contribution < -0.4 is 5.32 Å². The molecule has 0 bridgehead atoms. The maximum Gasteiger partial charge on any atom is 0.255 e. The molecule has 1 N–H and O–H groups in total. The smallest absolute Gasteiger partial charge is 0.255 e. The fourth-order valence-electron chi connectivity index (χ4n) is 4.16. The molecule has 152 valence electrons. The number of nitrogens with zero attached hydrogens (tertiary/aromatic N) is 3. The van der Waals surface area contributed by atoms with Crippen molar-refractivity contribution in [1.82, 2.24) is 20.0 Å². The highest BCUT2D eigenvalue weighted by molar-refractivity contribution is 5.96. The van der Waals surface area contributed by atoms with E-state index in [9.17, 15) is 4.79 Å². The van der Waals surface area contributed by atoms with E-state index < -0.39 is 0 Å². The average Bonchev–Trinajstić information content (AvgIpc) is 3.47. The van der Waals surface area contributed by atoms with Gasteiger partial charge in [-0.05, 0) is 57.5 Å². The van der Waals surface area contributed by atoms with E-state index in [2.05, 4.69) is 27.4 Å². The van der Waals surface area contributed by atoms with Crippen LogP contribution >= 0.6 is 0 Å². The zero-order chi connectivity index (χ0) is 20.2. The van der Waals surface area contributed by atoms with Crippen molar-refractivity contribution >= 4 is 5.91 Å². The van der Waals surface area contributed by atoms with E-state index in [1.807, 2.05) is 48.9 Å². The van der Waals surface area contributed by atoms with Crippen LogP contribution in [0, 0.1) is 13.8 Å². The predicted octanol–water partition coefficient (Wildman–Crippen LogP) is 3.71. The molecule has 6 nitrogen and oxygen atoms in total. The molecule has 0 aliphatic carbocycles. The van der Waals surface area contributed by atoms with Crippen LogP contribution in [0.15, 0.2) is 53.1 Å². The lowest BCUT2D eigenvalue weighted by Gasteiger charge is -2.26. The third-order valence-corrected chi connectivity index (χ3v) is 5.69. The lowest BCUT2D eigenvalue weighted by molar-refractivity contribution is 0.0932. The maximum absolute atomic E-state index is 13.0. The minimum atomic E-state index is -0.0740. The fourth-order valence-corrected chi connectivity index (χ4v) is 4.16. The molecule has 1 aliphatic rings. The van der Waals surface area contributed by atoms with Crippen molar-refractivity contribution in [1.29, 1.82) is 0 Å². The Balaban J connectivity index is 1.48. The molecule has 0 saturated carbocycles. The van der Waals surface area contributed by atoms with Crippen molar-refractivity contribution in [3.05, 3.63) is 77.0 Å². The van der Waals surface area contributed by atoms with Gasteiger partial charge in [-0.1, -0.05) is 30.3 Å². The normalized spacial score (nSPS) is 15.5. The molecule has 4 rings (SSSR count). The Labute approximate surface area is 171 Å². The highest BCUT2D eigenvalue weighted by atomic mass is 16.3. The van der Waals surface area contributed by atoms with Gasteiger partial charge in [0.2, 0.25) is 0 Å². The molecule has 6 heteroatoms. The molecule has 1 amide bonds. The van der Waals surface area contributed by atoms with Crippen LogP contribution in [0.25, 0.3) is 0 Å². The average molecular weight is 393 g/mol. The molecule has 1 fully saturated rings. The van der Waals surface area contributed by atoms with Crippen LogP contribution in [0.2, 0.25) is 0 Å². The van der Waals surface area contributed by atoms with Gasteiger partial charge < -0.3 is 9.73 Å². The van der Waals surface area contributed by atoms with Gasteiger partial charge in [0.15, 0.2) is 0 Å². The number of hydrogen-bond donors (Lipinski definition) is 1. The van der Waals surface area contributed by atoms with Crippen LogP contribution in [0.3, 0.4) is 0 Å². The van der Waals surface area contributed by atoms with Crippen LogP contribution in [0.5, 0.6) is 0 Å². The van der Waals surface area contributed by atoms with Crippen LogP contribution in [-0.2, 0) is 6.54 Å². The molecule has 3 aromatic rings. The van der Waals surface area contributed by atoms with Crippen LogP contribution in [-0.4, -0.2) is 40.2 Å². The van der Waals surface area contributed by atoms with Crippen molar-refractivity contribution in [3.63, 3.8) is 0 Å². The van der Waals surface area contributed by atoms with Gasteiger partial charge in [0.05, 0.1) is 30.1 Å². The summed E-state index contributed by atoms with van der Waals surface area (Å²) in [7, 11) is 0. The molecule has 1 saturated heterocycles. The quantitative estimate of drug-likeness (QED) is 0.666. The van der Waals surface area contributed by atoms with E-state index in [0.717, 1.165) is 35.8 Å². The third-order valence-electron chi connectivity index (χ3n) is 5.69. The number of nitrogens with one attached hydrogen (secondary N) is 1. The number of benzene rings is 1. The number of rotatable bonds is 7. The highest BCUT2D eigenvalue weighted by Crippen LogP contribution is 2.25. The number of carbonyl (C=O) groups excluding carboxylic acids is 1. The number of hydrogen-bond acceptors (Lipinski definition) is 4. The maximum atomic E-state index is 13.0. The molecule has 1 aliphatic heterocycles. The second kappa shape index (κ2) is 8.66. The molecular weight excluding hydrogens is 364 g/mol. The molecule has 0 radical (unpaired) electrons. The van der Waals surface area contributed by atoms with Gasteiger partial charge in [0, 0.05) is 12.2 Å². The minimum absolute atomic E-state index is 0.0661. The Bertz CT molecular complexity index is 941. The van der Waals surface area contributed by atoms with Gasteiger partial charge in [0.1, 0.15) is 5.76 Å². The Morgan fingerprint density at radius 2 is 1.90 bits per heavy atom. The first-order chi connectivity index (χ1) is 14.1. The fraction of sp³-hybridized carbons (Fsp3) is 0.391. The summed E-state index contributed by atoms with van der Waals surface area (Å²) < 4.78 is 7.56. The van der Waals surface area contributed by atoms with E-state index >= 15 is 0 Å². The Kier molecular flexibility index (Phi) is 5.81. The summed E-state index contributed by atoms with van der Waals surface area (Å²) in [6.45, 7) is 7.11. The van der Waals surface area contributed by atoms with Crippen molar-refractivity contribution in [2.75, 3.05) is 19.6 Å². The number of likely N-dealkylation sites (tertiary alicyclic amines) is 1. The summed E-state index contributed by atoms with van der Waals surface area (Å²) in [4.78, 5) is 15.4. The van der Waals surface area contributed by atoms with Gasteiger partial charge in [-0.2, -0.15) is 5.10 Å². The largest absolute Gasteiger partial charge is 0.468 e. The first-order valence-electron chi connectivity index (χ1n) is 10.3. The summed E-state index contributed by atoms with van der Waals surface area (Å²) in [5.41, 5.74) is 3.48. The van der Waals surface area contributed by atoms with Gasteiger partial charge in [-0.15, -0.1) is 0 Å². The predicted molar refractivity (Wildman–Crippen MR) is 112 cm³/mol. The molecule has 29 heavy (non-hydrogen) atoms. The zero-order valence-corrected chi connectivity index (χ0v) is 17.1. The summed E-state index contributed by atoms with van der Waals surface area (Å²) >= 11 is 0. The second-order valence-electron chi connectivity index (χ2n) is 7.67. The lowest BCUT2D eigenvalue weighted by Crippen LogP contribution is -2.37. The summed E-state index contributed by atoms with van der Waals surface area (Å²) in [6.07, 6.45) is 4.08. The standard InChI is InChI=1S/C23H28N4O2/c1-17-22(18(2)27(25-17)16-19-9-4-3-5-10-19)23(28)24-15-20(21-11-8-14-29-21)26-12-6-7-13-26/h3-5,8-11,14,20H,6-7,12-13,15-16H2,1-2H3,(H,24,28)/t20-/m1/s1. The third kappa shape index (κ3) is 4.27. The van der Waals surface area contributed by atoms with Gasteiger partial charge >= 0.3 is 0 Å². The Morgan fingerprint density at radius 3 is 2.59 bits per heavy atom.